The molecule has 0 radical (unpaired) electrons. The summed E-state index contributed by atoms with van der Waals surface area (Å²) in [6, 6.07) is 12.8. The van der Waals surface area contributed by atoms with Crippen LogP contribution in [0.15, 0.2) is 53.4 Å². The van der Waals surface area contributed by atoms with Crippen molar-refractivity contribution in [3.63, 3.8) is 0 Å². The van der Waals surface area contributed by atoms with Crippen LogP contribution in [0.4, 0.5) is 5.69 Å². The molecule has 1 aliphatic heterocycles. The van der Waals surface area contributed by atoms with Gasteiger partial charge in [-0.1, -0.05) is 12.1 Å². The van der Waals surface area contributed by atoms with Crippen molar-refractivity contribution in [2.45, 2.75) is 17.7 Å². The van der Waals surface area contributed by atoms with Gasteiger partial charge in [-0.3, -0.25) is 9.52 Å². The fraction of sp³-hybridized carbons (Fsp3) is 0.381. The second-order valence-corrected chi connectivity index (χ2v) is 8.79. The van der Waals surface area contributed by atoms with Gasteiger partial charge in [0.25, 0.3) is 15.9 Å². The molecule has 7 nitrogen and oxygen atoms in total. The van der Waals surface area contributed by atoms with Gasteiger partial charge >= 0.3 is 0 Å². The molecule has 0 atom stereocenters. The molecule has 2 aromatic carbocycles. The van der Waals surface area contributed by atoms with Crippen molar-refractivity contribution in [1.82, 2.24) is 9.80 Å². The molecule has 2 aromatic rings. The molecule has 1 N–H and O–H groups in total. The Morgan fingerprint density at radius 2 is 1.76 bits per heavy atom. The highest BCUT2D eigenvalue weighted by Crippen LogP contribution is 2.26. The van der Waals surface area contributed by atoms with Crippen LogP contribution < -0.4 is 9.46 Å². The van der Waals surface area contributed by atoms with Crippen LogP contribution in [0.1, 0.15) is 23.2 Å². The van der Waals surface area contributed by atoms with E-state index in [9.17, 15) is 13.2 Å². The van der Waals surface area contributed by atoms with Gasteiger partial charge in [-0.05, 0) is 62.3 Å². The number of hydrogen-bond acceptors (Lipinski definition) is 5. The highest BCUT2D eigenvalue weighted by Gasteiger charge is 2.19. The molecule has 1 aliphatic rings. The second-order valence-electron chi connectivity index (χ2n) is 7.11. The van der Waals surface area contributed by atoms with Crippen molar-refractivity contribution >= 4 is 21.6 Å². The Hall–Kier alpha value is -2.58. The topological polar surface area (TPSA) is 78.9 Å². The summed E-state index contributed by atoms with van der Waals surface area (Å²) in [5.74, 6) is 0.313. The van der Waals surface area contributed by atoms with Crippen LogP contribution in [-0.4, -0.2) is 64.5 Å². The van der Waals surface area contributed by atoms with Gasteiger partial charge in [-0.2, -0.15) is 0 Å². The maximum Gasteiger partial charge on any atom is 0.262 e. The van der Waals surface area contributed by atoms with E-state index >= 15 is 0 Å². The number of benzene rings is 2. The number of methoxy groups -OCH3 is 1. The standard InChI is InChI=1S/C21H27N3O4S/c1-23(15-16-24-13-5-6-14-24)21(25)17-9-11-18(12-10-17)29(26,27)22-19-7-3-4-8-20(19)28-2/h3-4,7-12,22H,5-6,13-16H2,1-2H3. The lowest BCUT2D eigenvalue weighted by Gasteiger charge is -2.21. The first kappa shape index (κ1) is 21.1. The second kappa shape index (κ2) is 9.28. The maximum absolute atomic E-state index is 12.7. The van der Waals surface area contributed by atoms with Crippen molar-refractivity contribution in [3.05, 3.63) is 54.1 Å². The monoisotopic (exact) mass is 417 g/mol. The summed E-state index contributed by atoms with van der Waals surface area (Å²) in [6.07, 6.45) is 2.44. The Kier molecular flexibility index (Phi) is 6.76. The molecule has 1 amide bonds. The van der Waals surface area contributed by atoms with Gasteiger partial charge in [0.05, 0.1) is 17.7 Å². The first-order valence-electron chi connectivity index (χ1n) is 9.64. The molecule has 1 saturated heterocycles. The lowest BCUT2D eigenvalue weighted by molar-refractivity contribution is 0.0782. The van der Waals surface area contributed by atoms with Crippen LogP contribution in [0.5, 0.6) is 5.75 Å². The molecule has 0 bridgehead atoms. The fourth-order valence-electron chi connectivity index (χ4n) is 3.33. The molecule has 156 valence electrons. The molecule has 1 fully saturated rings. The van der Waals surface area contributed by atoms with E-state index in [2.05, 4.69) is 9.62 Å². The number of carbonyl (C=O) groups excluding carboxylic acids is 1. The molecular weight excluding hydrogens is 390 g/mol. The number of rotatable bonds is 8. The Morgan fingerprint density at radius 3 is 2.41 bits per heavy atom. The van der Waals surface area contributed by atoms with Crippen LogP contribution >= 0.6 is 0 Å². The van der Waals surface area contributed by atoms with Gasteiger partial charge in [0, 0.05) is 25.7 Å². The third kappa shape index (κ3) is 5.27. The normalized spacial score (nSPS) is 14.6. The van der Waals surface area contributed by atoms with E-state index in [0.717, 1.165) is 19.6 Å². The maximum atomic E-state index is 12.7. The minimum absolute atomic E-state index is 0.0830. The lowest BCUT2D eigenvalue weighted by Crippen LogP contribution is -2.35. The highest BCUT2D eigenvalue weighted by atomic mass is 32.2. The third-order valence-corrected chi connectivity index (χ3v) is 6.44. The molecular formula is C21H27N3O4S. The smallest absolute Gasteiger partial charge is 0.262 e. The number of likely N-dealkylation sites (N-methyl/N-ethyl adjacent to an activating group) is 1. The number of para-hydroxylation sites is 2. The summed E-state index contributed by atoms with van der Waals surface area (Å²) >= 11 is 0. The van der Waals surface area contributed by atoms with Crippen LogP contribution in [0.25, 0.3) is 0 Å². The summed E-state index contributed by atoms with van der Waals surface area (Å²) in [6.45, 7) is 3.69. The molecule has 8 heteroatoms. The van der Waals surface area contributed by atoms with E-state index in [1.54, 1.807) is 48.3 Å². The Balaban J connectivity index is 1.65. The van der Waals surface area contributed by atoms with Gasteiger partial charge in [0.2, 0.25) is 0 Å². The van der Waals surface area contributed by atoms with E-state index in [1.807, 2.05) is 0 Å². The van der Waals surface area contributed by atoms with E-state index in [4.69, 9.17) is 4.74 Å². The molecule has 0 spiro atoms. The molecule has 3 rings (SSSR count). The number of amides is 1. The van der Waals surface area contributed by atoms with Gasteiger partial charge in [0.1, 0.15) is 5.75 Å². The number of carbonyl (C=O) groups is 1. The molecule has 0 saturated carbocycles. The molecule has 29 heavy (non-hydrogen) atoms. The van der Waals surface area contributed by atoms with Crippen molar-refractivity contribution in [2.75, 3.05) is 45.1 Å². The number of anilines is 1. The van der Waals surface area contributed by atoms with Crippen molar-refractivity contribution in [1.29, 1.82) is 0 Å². The van der Waals surface area contributed by atoms with Gasteiger partial charge in [0.15, 0.2) is 0 Å². The van der Waals surface area contributed by atoms with E-state index in [0.29, 0.717) is 23.5 Å². The Morgan fingerprint density at radius 1 is 1.10 bits per heavy atom. The molecule has 0 aromatic heterocycles. The van der Waals surface area contributed by atoms with E-state index < -0.39 is 10.0 Å². The van der Waals surface area contributed by atoms with Crippen molar-refractivity contribution in [2.24, 2.45) is 0 Å². The number of ether oxygens (including phenoxy) is 1. The first-order valence-corrected chi connectivity index (χ1v) is 11.1. The number of nitrogens with one attached hydrogen (secondary N) is 1. The van der Waals surface area contributed by atoms with E-state index in [1.165, 1.54) is 32.1 Å². The Bertz CT molecular complexity index is 939. The van der Waals surface area contributed by atoms with Crippen LogP contribution in [0, 0.1) is 0 Å². The zero-order chi connectivity index (χ0) is 20.9. The SMILES string of the molecule is COc1ccccc1NS(=O)(=O)c1ccc(C(=O)N(C)CCN2CCCC2)cc1. The predicted octanol–water partition coefficient (Wildman–Crippen LogP) is 2.66. The number of hydrogen-bond donors (Lipinski definition) is 1. The van der Waals surface area contributed by atoms with Crippen molar-refractivity contribution in [3.8, 4) is 5.75 Å². The predicted molar refractivity (Wildman–Crippen MR) is 113 cm³/mol. The van der Waals surface area contributed by atoms with Crippen molar-refractivity contribution < 1.29 is 17.9 Å². The number of sulfonamides is 1. The highest BCUT2D eigenvalue weighted by molar-refractivity contribution is 7.92. The summed E-state index contributed by atoms with van der Waals surface area (Å²) < 4.78 is 33.0. The largest absolute Gasteiger partial charge is 0.495 e. The number of nitrogens with zero attached hydrogens (tertiary/aromatic N) is 2. The minimum Gasteiger partial charge on any atom is -0.495 e. The summed E-state index contributed by atoms with van der Waals surface area (Å²) in [4.78, 5) is 16.7. The number of likely N-dealkylation sites (tertiary alicyclic amines) is 1. The quantitative estimate of drug-likeness (QED) is 0.714. The van der Waals surface area contributed by atoms with Gasteiger partial charge in [-0.15, -0.1) is 0 Å². The van der Waals surface area contributed by atoms with Crippen LogP contribution in [0.2, 0.25) is 0 Å². The average molecular weight is 418 g/mol. The average Bonchev–Trinajstić information content (AvgIpc) is 3.25. The zero-order valence-corrected chi connectivity index (χ0v) is 17.6. The van der Waals surface area contributed by atoms with E-state index in [-0.39, 0.29) is 10.8 Å². The summed E-state index contributed by atoms with van der Waals surface area (Å²) in [7, 11) is -0.541. The molecule has 0 aliphatic carbocycles. The summed E-state index contributed by atoms with van der Waals surface area (Å²) in [5.41, 5.74) is 0.821. The van der Waals surface area contributed by atoms with Crippen LogP contribution in [0.3, 0.4) is 0 Å². The molecule has 1 heterocycles. The minimum atomic E-state index is -3.79. The van der Waals surface area contributed by atoms with Crippen LogP contribution in [-0.2, 0) is 10.0 Å². The third-order valence-electron chi connectivity index (χ3n) is 5.06. The molecule has 0 unspecified atom stereocenters. The zero-order valence-electron chi connectivity index (χ0n) is 16.8. The lowest BCUT2D eigenvalue weighted by atomic mass is 10.2. The Labute approximate surface area is 172 Å². The summed E-state index contributed by atoms with van der Waals surface area (Å²) in [5, 5.41) is 0. The van der Waals surface area contributed by atoms with Gasteiger partial charge in [-0.25, -0.2) is 8.42 Å². The van der Waals surface area contributed by atoms with Gasteiger partial charge < -0.3 is 14.5 Å². The first-order chi connectivity index (χ1) is 13.9. The fourth-order valence-corrected chi connectivity index (χ4v) is 4.40.